The van der Waals surface area contributed by atoms with Gasteiger partial charge in [-0.2, -0.15) is 0 Å². The Balaban J connectivity index is 2.40. The summed E-state index contributed by atoms with van der Waals surface area (Å²) in [6.45, 7) is 6.37. The van der Waals surface area contributed by atoms with E-state index < -0.39 is 0 Å². The molecule has 2 unspecified atom stereocenters. The third-order valence-corrected chi connectivity index (χ3v) is 3.20. The Hall–Kier alpha value is -0.160. The van der Waals surface area contributed by atoms with Gasteiger partial charge in [-0.05, 0) is 40.0 Å². The minimum Gasteiger partial charge on any atom is -0.389 e. The van der Waals surface area contributed by atoms with Crippen molar-refractivity contribution < 1.29 is 9.84 Å². The van der Waals surface area contributed by atoms with Crippen molar-refractivity contribution >= 4 is 0 Å². The van der Waals surface area contributed by atoms with Gasteiger partial charge in [0.1, 0.15) is 0 Å². The first kappa shape index (κ1) is 13.9. The average molecular weight is 230 g/mol. The topological polar surface area (TPSA) is 35.9 Å². The normalized spacial score (nSPS) is 26.6. The van der Waals surface area contributed by atoms with Crippen LogP contribution in [-0.2, 0) is 4.74 Å². The van der Waals surface area contributed by atoms with Gasteiger partial charge in [-0.3, -0.25) is 4.90 Å². The SMILES string of the molecule is CCCOCC(O)C1CN(C)CCCN1C. The van der Waals surface area contributed by atoms with E-state index in [1.165, 1.54) is 6.42 Å². The van der Waals surface area contributed by atoms with Gasteiger partial charge in [0.25, 0.3) is 0 Å². The molecule has 1 saturated heterocycles. The number of hydrogen-bond donors (Lipinski definition) is 1. The molecule has 0 radical (unpaired) electrons. The summed E-state index contributed by atoms with van der Waals surface area (Å²) in [4.78, 5) is 4.54. The number of hydrogen-bond acceptors (Lipinski definition) is 4. The standard InChI is InChI=1S/C12H26N2O2/c1-4-8-16-10-12(15)11-9-13(2)6-5-7-14(11)3/h11-12,15H,4-10H2,1-3H3. The number of nitrogens with zero attached hydrogens (tertiary/aromatic N) is 2. The zero-order valence-electron chi connectivity index (χ0n) is 10.9. The molecule has 96 valence electrons. The van der Waals surface area contributed by atoms with Gasteiger partial charge in [0, 0.05) is 13.2 Å². The third kappa shape index (κ3) is 4.37. The molecule has 4 nitrogen and oxygen atoms in total. The average Bonchev–Trinajstić information content (AvgIpc) is 2.41. The molecule has 1 N–H and O–H groups in total. The molecule has 0 aromatic rings. The van der Waals surface area contributed by atoms with E-state index in [1.807, 2.05) is 0 Å². The van der Waals surface area contributed by atoms with Crippen molar-refractivity contribution in [3.63, 3.8) is 0 Å². The molecule has 0 aromatic heterocycles. The maximum Gasteiger partial charge on any atom is 0.0940 e. The number of likely N-dealkylation sites (N-methyl/N-ethyl adjacent to an activating group) is 2. The maximum atomic E-state index is 10.1. The summed E-state index contributed by atoms with van der Waals surface area (Å²) in [7, 11) is 4.21. The predicted octanol–water partition coefficient (Wildman–Crippen LogP) is 0.410. The lowest BCUT2D eigenvalue weighted by atomic mass is 10.1. The van der Waals surface area contributed by atoms with Gasteiger partial charge < -0.3 is 14.7 Å². The summed E-state index contributed by atoms with van der Waals surface area (Å²) in [5.41, 5.74) is 0. The summed E-state index contributed by atoms with van der Waals surface area (Å²) in [5, 5.41) is 10.1. The van der Waals surface area contributed by atoms with Crippen molar-refractivity contribution in [1.82, 2.24) is 9.80 Å². The molecule has 0 amide bonds. The highest BCUT2D eigenvalue weighted by molar-refractivity contribution is 4.82. The van der Waals surface area contributed by atoms with Crippen LogP contribution in [0.2, 0.25) is 0 Å². The van der Waals surface area contributed by atoms with Crippen molar-refractivity contribution in [2.24, 2.45) is 0 Å². The van der Waals surface area contributed by atoms with Crippen molar-refractivity contribution in [2.45, 2.75) is 31.9 Å². The molecule has 0 bridgehead atoms. The molecule has 1 fully saturated rings. The molecule has 2 atom stereocenters. The highest BCUT2D eigenvalue weighted by Crippen LogP contribution is 2.10. The third-order valence-electron chi connectivity index (χ3n) is 3.20. The van der Waals surface area contributed by atoms with Crippen LogP contribution in [0.25, 0.3) is 0 Å². The Kier molecular flexibility index (Phi) is 6.28. The van der Waals surface area contributed by atoms with Crippen LogP contribution in [0.1, 0.15) is 19.8 Å². The van der Waals surface area contributed by atoms with Crippen LogP contribution in [-0.4, -0.2) is 74.0 Å². The zero-order chi connectivity index (χ0) is 12.0. The first-order valence-electron chi connectivity index (χ1n) is 6.29. The Labute approximate surface area is 99.2 Å². The highest BCUT2D eigenvalue weighted by Gasteiger charge is 2.26. The molecule has 0 saturated carbocycles. The molecule has 16 heavy (non-hydrogen) atoms. The van der Waals surface area contributed by atoms with Crippen molar-refractivity contribution in [3.05, 3.63) is 0 Å². The lowest BCUT2D eigenvalue weighted by molar-refractivity contribution is -0.0137. The molecule has 4 heteroatoms. The second-order valence-corrected chi connectivity index (χ2v) is 4.81. The molecule has 1 rings (SSSR count). The van der Waals surface area contributed by atoms with Gasteiger partial charge in [0.15, 0.2) is 0 Å². The van der Waals surface area contributed by atoms with Gasteiger partial charge in [0.05, 0.1) is 18.8 Å². The fourth-order valence-electron chi connectivity index (χ4n) is 2.18. The predicted molar refractivity (Wildman–Crippen MR) is 65.6 cm³/mol. The summed E-state index contributed by atoms with van der Waals surface area (Å²) >= 11 is 0. The molecular weight excluding hydrogens is 204 g/mol. The first-order valence-corrected chi connectivity index (χ1v) is 6.29. The second kappa shape index (κ2) is 7.22. The molecule has 1 aliphatic heterocycles. The van der Waals surface area contributed by atoms with E-state index in [-0.39, 0.29) is 12.1 Å². The molecule has 1 heterocycles. The van der Waals surface area contributed by atoms with Crippen LogP contribution < -0.4 is 0 Å². The van der Waals surface area contributed by atoms with Gasteiger partial charge in [0.2, 0.25) is 0 Å². The molecule has 0 aliphatic carbocycles. The van der Waals surface area contributed by atoms with E-state index in [1.54, 1.807) is 0 Å². The quantitative estimate of drug-likeness (QED) is 0.694. The number of rotatable bonds is 5. The van der Waals surface area contributed by atoms with E-state index in [0.717, 1.165) is 32.7 Å². The fourth-order valence-corrected chi connectivity index (χ4v) is 2.18. The van der Waals surface area contributed by atoms with Crippen LogP contribution in [0, 0.1) is 0 Å². The molecule has 1 aliphatic rings. The lowest BCUT2D eigenvalue weighted by Crippen LogP contribution is -2.48. The Morgan fingerprint density at radius 3 is 2.81 bits per heavy atom. The summed E-state index contributed by atoms with van der Waals surface area (Å²) in [6.07, 6.45) is 1.80. The Morgan fingerprint density at radius 2 is 2.12 bits per heavy atom. The van der Waals surface area contributed by atoms with Gasteiger partial charge >= 0.3 is 0 Å². The molecule has 0 spiro atoms. The van der Waals surface area contributed by atoms with Crippen LogP contribution >= 0.6 is 0 Å². The van der Waals surface area contributed by atoms with Crippen LogP contribution in [0.15, 0.2) is 0 Å². The van der Waals surface area contributed by atoms with E-state index >= 15 is 0 Å². The van der Waals surface area contributed by atoms with Gasteiger partial charge in [-0.25, -0.2) is 0 Å². The summed E-state index contributed by atoms with van der Waals surface area (Å²) < 4.78 is 5.43. The van der Waals surface area contributed by atoms with Crippen molar-refractivity contribution in [2.75, 3.05) is 46.9 Å². The van der Waals surface area contributed by atoms with E-state index in [4.69, 9.17) is 4.74 Å². The Bertz CT molecular complexity index is 190. The van der Waals surface area contributed by atoms with Crippen molar-refractivity contribution in [1.29, 1.82) is 0 Å². The monoisotopic (exact) mass is 230 g/mol. The van der Waals surface area contributed by atoms with Crippen molar-refractivity contribution in [3.8, 4) is 0 Å². The zero-order valence-corrected chi connectivity index (χ0v) is 10.9. The van der Waals surface area contributed by atoms with Gasteiger partial charge in [-0.15, -0.1) is 0 Å². The van der Waals surface area contributed by atoms with Gasteiger partial charge in [-0.1, -0.05) is 6.92 Å². The highest BCUT2D eigenvalue weighted by atomic mass is 16.5. The number of ether oxygens (including phenoxy) is 1. The summed E-state index contributed by atoms with van der Waals surface area (Å²) in [5.74, 6) is 0. The lowest BCUT2D eigenvalue weighted by Gasteiger charge is -2.31. The van der Waals surface area contributed by atoms with Crippen LogP contribution in [0.4, 0.5) is 0 Å². The molecular formula is C12H26N2O2. The smallest absolute Gasteiger partial charge is 0.0940 e. The minimum atomic E-state index is -0.378. The number of aliphatic hydroxyl groups is 1. The van der Waals surface area contributed by atoms with E-state index in [2.05, 4.69) is 30.8 Å². The fraction of sp³-hybridized carbons (Fsp3) is 1.00. The van der Waals surface area contributed by atoms with Crippen LogP contribution in [0.3, 0.4) is 0 Å². The van der Waals surface area contributed by atoms with E-state index in [9.17, 15) is 5.11 Å². The maximum absolute atomic E-state index is 10.1. The molecule has 0 aromatic carbocycles. The Morgan fingerprint density at radius 1 is 1.38 bits per heavy atom. The summed E-state index contributed by atoms with van der Waals surface area (Å²) in [6, 6.07) is 0.198. The minimum absolute atomic E-state index is 0.198. The van der Waals surface area contributed by atoms with E-state index in [0.29, 0.717) is 6.61 Å². The first-order chi connectivity index (χ1) is 7.65. The largest absolute Gasteiger partial charge is 0.389 e. The van der Waals surface area contributed by atoms with Crippen LogP contribution in [0.5, 0.6) is 0 Å². The number of aliphatic hydroxyl groups excluding tert-OH is 1. The second-order valence-electron chi connectivity index (χ2n) is 4.81.